The number of aryl methyl sites for hydroxylation is 2. The summed E-state index contributed by atoms with van der Waals surface area (Å²) in [7, 11) is 0. The summed E-state index contributed by atoms with van der Waals surface area (Å²) in [5.41, 5.74) is 3.69. The van der Waals surface area contributed by atoms with Crippen LogP contribution < -0.4 is 0 Å². The van der Waals surface area contributed by atoms with E-state index in [1.54, 1.807) is 5.51 Å². The van der Waals surface area contributed by atoms with Crippen LogP contribution in [-0.2, 0) is 0 Å². The summed E-state index contributed by atoms with van der Waals surface area (Å²) in [6.45, 7) is 3.89. The number of aromatic nitrogens is 2. The Balaban J connectivity index is 2.64. The summed E-state index contributed by atoms with van der Waals surface area (Å²) in [6.07, 6.45) is 0. The number of hydrogen-bond acceptors (Lipinski definition) is 3. The number of carboxylic acids is 1. The monoisotopic (exact) mass is 222 g/mol. The predicted molar refractivity (Wildman–Crippen MR) is 57.9 cm³/mol. The quantitative estimate of drug-likeness (QED) is 0.847. The Bertz CT molecular complexity index is 494. The highest BCUT2D eigenvalue weighted by atomic mass is 32.1. The second-order valence-electron chi connectivity index (χ2n) is 3.26. The normalized spacial score (nSPS) is 10.5. The Labute approximate surface area is 90.8 Å². The number of carbonyl (C=O) groups is 1. The Hall–Kier alpha value is -1.62. The van der Waals surface area contributed by atoms with Crippen molar-refractivity contribution in [1.29, 1.82) is 0 Å². The van der Waals surface area contributed by atoms with Crippen LogP contribution in [0.1, 0.15) is 21.9 Å². The first-order valence-corrected chi connectivity index (χ1v) is 5.31. The highest BCUT2D eigenvalue weighted by molar-refractivity contribution is 7.12. The summed E-state index contributed by atoms with van der Waals surface area (Å²) in [5.74, 6) is -0.987. The van der Waals surface area contributed by atoms with Crippen LogP contribution >= 0.6 is 11.3 Å². The van der Waals surface area contributed by atoms with E-state index in [2.05, 4.69) is 4.98 Å². The summed E-state index contributed by atoms with van der Waals surface area (Å²) in [5, 5.41) is 9.63. The zero-order valence-electron chi connectivity index (χ0n) is 8.39. The van der Waals surface area contributed by atoms with Gasteiger partial charge in [-0.1, -0.05) is 0 Å². The number of nitrogens with zero attached hydrogens (tertiary/aromatic N) is 2. The minimum absolute atomic E-state index is 0.113. The van der Waals surface area contributed by atoms with Gasteiger partial charge in [-0.25, -0.2) is 9.78 Å². The van der Waals surface area contributed by atoms with Crippen LogP contribution in [0.5, 0.6) is 0 Å². The predicted octanol–water partition coefficient (Wildman–Crippen LogP) is 2.25. The van der Waals surface area contributed by atoms with E-state index in [9.17, 15) is 4.79 Å². The molecule has 2 aromatic rings. The Morgan fingerprint density at radius 2 is 2.00 bits per heavy atom. The molecule has 2 aromatic heterocycles. The third-order valence-electron chi connectivity index (χ3n) is 2.23. The number of rotatable bonds is 2. The minimum Gasteiger partial charge on any atom is -0.476 e. The second kappa shape index (κ2) is 3.51. The topological polar surface area (TPSA) is 55.1 Å². The SMILES string of the molecule is Cc1ccc(C)n1-c1scnc1C(=O)O. The van der Waals surface area contributed by atoms with Crippen LogP contribution in [0.2, 0.25) is 0 Å². The number of hydrogen-bond donors (Lipinski definition) is 1. The summed E-state index contributed by atoms with van der Waals surface area (Å²) in [4.78, 5) is 14.8. The molecule has 15 heavy (non-hydrogen) atoms. The van der Waals surface area contributed by atoms with Gasteiger partial charge in [-0.05, 0) is 26.0 Å². The van der Waals surface area contributed by atoms with Gasteiger partial charge in [0.2, 0.25) is 0 Å². The second-order valence-corrected chi connectivity index (χ2v) is 4.10. The first-order chi connectivity index (χ1) is 7.11. The van der Waals surface area contributed by atoms with Gasteiger partial charge < -0.3 is 9.67 Å². The first kappa shape index (κ1) is 9.92. The van der Waals surface area contributed by atoms with E-state index in [-0.39, 0.29) is 5.69 Å². The van der Waals surface area contributed by atoms with Crippen LogP contribution in [0.25, 0.3) is 5.00 Å². The van der Waals surface area contributed by atoms with Crippen molar-refractivity contribution in [3.05, 3.63) is 34.7 Å². The molecule has 0 amide bonds. The fraction of sp³-hybridized carbons (Fsp3) is 0.200. The highest BCUT2D eigenvalue weighted by Gasteiger charge is 2.17. The zero-order chi connectivity index (χ0) is 11.0. The van der Waals surface area contributed by atoms with Gasteiger partial charge in [0.1, 0.15) is 5.00 Å². The fourth-order valence-corrected chi connectivity index (χ4v) is 2.44. The largest absolute Gasteiger partial charge is 0.476 e. The molecule has 0 atom stereocenters. The van der Waals surface area contributed by atoms with Crippen molar-refractivity contribution in [2.75, 3.05) is 0 Å². The van der Waals surface area contributed by atoms with Gasteiger partial charge in [-0.15, -0.1) is 11.3 Å². The van der Waals surface area contributed by atoms with Gasteiger partial charge in [0, 0.05) is 11.4 Å². The molecule has 0 aliphatic carbocycles. The number of carboxylic acid groups (broad SMARTS) is 1. The maximum absolute atomic E-state index is 10.9. The Morgan fingerprint density at radius 1 is 1.40 bits per heavy atom. The van der Waals surface area contributed by atoms with Crippen molar-refractivity contribution in [2.45, 2.75) is 13.8 Å². The standard InChI is InChI=1S/C10H10N2O2S/c1-6-3-4-7(2)12(6)9-8(10(13)14)11-5-15-9/h3-5H,1-2H3,(H,13,14). The van der Waals surface area contributed by atoms with Gasteiger partial charge in [0.05, 0.1) is 5.51 Å². The third kappa shape index (κ3) is 1.55. The fourth-order valence-electron chi connectivity index (χ4n) is 1.53. The molecule has 4 nitrogen and oxygen atoms in total. The molecule has 0 spiro atoms. The summed E-state index contributed by atoms with van der Waals surface area (Å²) in [6, 6.07) is 3.92. The summed E-state index contributed by atoms with van der Waals surface area (Å²) < 4.78 is 1.90. The van der Waals surface area contributed by atoms with E-state index < -0.39 is 5.97 Å². The molecule has 0 aliphatic rings. The maximum Gasteiger partial charge on any atom is 0.357 e. The number of aromatic carboxylic acids is 1. The lowest BCUT2D eigenvalue weighted by Gasteiger charge is -2.06. The van der Waals surface area contributed by atoms with Crippen LogP contribution in [0.15, 0.2) is 17.6 Å². The smallest absolute Gasteiger partial charge is 0.357 e. The van der Waals surface area contributed by atoms with Crippen LogP contribution in [0, 0.1) is 13.8 Å². The molecule has 0 saturated carbocycles. The van der Waals surface area contributed by atoms with Crippen molar-refractivity contribution in [2.24, 2.45) is 0 Å². The molecule has 0 bridgehead atoms. The molecular weight excluding hydrogens is 212 g/mol. The van der Waals surface area contributed by atoms with E-state index in [4.69, 9.17) is 5.11 Å². The van der Waals surface area contributed by atoms with Crippen LogP contribution in [0.4, 0.5) is 0 Å². The highest BCUT2D eigenvalue weighted by Crippen LogP contribution is 2.23. The molecule has 0 aliphatic heterocycles. The van der Waals surface area contributed by atoms with Crippen molar-refractivity contribution >= 4 is 17.3 Å². The molecule has 0 radical (unpaired) electrons. The average molecular weight is 222 g/mol. The molecule has 5 heteroatoms. The van der Waals surface area contributed by atoms with Gasteiger partial charge in [0.25, 0.3) is 0 Å². The van der Waals surface area contributed by atoms with E-state index >= 15 is 0 Å². The van der Waals surface area contributed by atoms with Gasteiger partial charge in [-0.3, -0.25) is 0 Å². The van der Waals surface area contributed by atoms with Crippen molar-refractivity contribution in [1.82, 2.24) is 9.55 Å². The summed E-state index contributed by atoms with van der Waals surface area (Å²) >= 11 is 1.33. The average Bonchev–Trinajstić information content (AvgIpc) is 2.73. The molecule has 0 fully saturated rings. The Morgan fingerprint density at radius 3 is 2.53 bits per heavy atom. The van der Waals surface area contributed by atoms with E-state index in [1.807, 2.05) is 30.5 Å². The third-order valence-corrected chi connectivity index (χ3v) is 3.04. The lowest BCUT2D eigenvalue weighted by Crippen LogP contribution is -2.05. The Kier molecular flexibility index (Phi) is 2.32. The molecular formula is C10H10N2O2S. The van der Waals surface area contributed by atoms with Gasteiger partial charge >= 0.3 is 5.97 Å². The van der Waals surface area contributed by atoms with Crippen molar-refractivity contribution < 1.29 is 9.90 Å². The molecule has 0 saturated heterocycles. The molecule has 2 heterocycles. The zero-order valence-corrected chi connectivity index (χ0v) is 9.21. The lowest BCUT2D eigenvalue weighted by molar-refractivity contribution is 0.0691. The molecule has 2 rings (SSSR count). The van der Waals surface area contributed by atoms with Gasteiger partial charge in [0.15, 0.2) is 5.69 Å². The van der Waals surface area contributed by atoms with Crippen molar-refractivity contribution in [3.8, 4) is 5.00 Å². The van der Waals surface area contributed by atoms with Gasteiger partial charge in [-0.2, -0.15) is 0 Å². The molecule has 1 N–H and O–H groups in total. The van der Waals surface area contributed by atoms with E-state index in [1.165, 1.54) is 11.3 Å². The first-order valence-electron chi connectivity index (χ1n) is 4.43. The lowest BCUT2D eigenvalue weighted by atomic mass is 10.4. The van der Waals surface area contributed by atoms with E-state index in [0.29, 0.717) is 5.00 Å². The molecule has 78 valence electrons. The van der Waals surface area contributed by atoms with Crippen molar-refractivity contribution in [3.63, 3.8) is 0 Å². The van der Waals surface area contributed by atoms with Crippen LogP contribution in [-0.4, -0.2) is 20.6 Å². The minimum atomic E-state index is -0.987. The van der Waals surface area contributed by atoms with E-state index in [0.717, 1.165) is 11.4 Å². The van der Waals surface area contributed by atoms with Crippen LogP contribution in [0.3, 0.4) is 0 Å². The number of thiazole rings is 1. The maximum atomic E-state index is 10.9. The molecule has 0 unspecified atom stereocenters. The molecule has 0 aromatic carbocycles.